The molecule has 1 aromatic carbocycles. The third-order valence-electron chi connectivity index (χ3n) is 4.26. The van der Waals surface area contributed by atoms with Gasteiger partial charge in [-0.05, 0) is 31.2 Å². The first-order valence-corrected chi connectivity index (χ1v) is 8.95. The normalized spacial score (nSPS) is 17.9. The summed E-state index contributed by atoms with van der Waals surface area (Å²) >= 11 is 0. The van der Waals surface area contributed by atoms with Gasteiger partial charge >= 0.3 is 0 Å². The third kappa shape index (κ3) is 5.54. The molecule has 1 saturated heterocycles. The van der Waals surface area contributed by atoms with Gasteiger partial charge < -0.3 is 14.8 Å². The van der Waals surface area contributed by atoms with Crippen molar-refractivity contribution in [1.29, 1.82) is 0 Å². The maximum atomic E-state index is 12.4. The summed E-state index contributed by atoms with van der Waals surface area (Å²) in [4.78, 5) is 19.0. The van der Waals surface area contributed by atoms with E-state index in [1.165, 1.54) is 5.56 Å². The minimum atomic E-state index is -0.137. The van der Waals surface area contributed by atoms with Crippen molar-refractivity contribution in [3.8, 4) is 5.75 Å². The Morgan fingerprint density at radius 2 is 2.04 bits per heavy atom. The molecule has 0 saturated carbocycles. The first-order valence-electron chi connectivity index (χ1n) is 8.95. The molecule has 0 unspecified atom stereocenters. The summed E-state index contributed by atoms with van der Waals surface area (Å²) in [6, 6.07) is 7.81. The molecule has 0 aromatic heterocycles. The van der Waals surface area contributed by atoms with Gasteiger partial charge in [0, 0.05) is 32.4 Å². The number of aliphatic imine (C=N–C) groups is 1. The molecule has 2 aliphatic heterocycles. The van der Waals surface area contributed by atoms with Gasteiger partial charge in [0.15, 0.2) is 0 Å². The fourth-order valence-corrected chi connectivity index (χ4v) is 2.74. The summed E-state index contributed by atoms with van der Waals surface area (Å²) in [6.07, 6.45) is 5.21. The first kappa shape index (κ1) is 18.4. The van der Waals surface area contributed by atoms with Crippen LogP contribution in [0.4, 0.5) is 0 Å². The lowest BCUT2D eigenvalue weighted by molar-refractivity contribution is -0.117. The second-order valence-corrected chi connectivity index (χ2v) is 6.33. The Morgan fingerprint density at radius 1 is 1.27 bits per heavy atom. The number of hydrogen-bond donors (Lipinski definition) is 1. The summed E-state index contributed by atoms with van der Waals surface area (Å²) in [7, 11) is 0. The number of aryl methyl sites for hydroxylation is 1. The van der Waals surface area contributed by atoms with E-state index in [-0.39, 0.29) is 5.91 Å². The molecule has 0 radical (unpaired) electrons. The van der Waals surface area contributed by atoms with Crippen LogP contribution in [-0.4, -0.2) is 63.0 Å². The average molecular weight is 355 g/mol. The molecule has 0 bridgehead atoms. The number of hydrogen-bond acceptors (Lipinski definition) is 5. The van der Waals surface area contributed by atoms with Gasteiger partial charge in [-0.25, -0.2) is 0 Å². The van der Waals surface area contributed by atoms with Crippen LogP contribution in [0.3, 0.4) is 0 Å². The summed E-state index contributed by atoms with van der Waals surface area (Å²) in [5.74, 6) is 1.24. The van der Waals surface area contributed by atoms with Gasteiger partial charge in [0.25, 0.3) is 5.91 Å². The molecule has 1 N–H and O–H groups in total. The van der Waals surface area contributed by atoms with E-state index >= 15 is 0 Å². The Morgan fingerprint density at radius 3 is 2.81 bits per heavy atom. The van der Waals surface area contributed by atoms with Crippen LogP contribution in [-0.2, 0) is 9.53 Å². The van der Waals surface area contributed by atoms with Crippen LogP contribution in [0, 0.1) is 6.92 Å². The number of benzene rings is 1. The van der Waals surface area contributed by atoms with Crippen LogP contribution < -0.4 is 10.1 Å². The molecule has 2 heterocycles. The molecule has 0 aliphatic carbocycles. The van der Waals surface area contributed by atoms with Gasteiger partial charge in [-0.1, -0.05) is 17.7 Å². The highest BCUT2D eigenvalue weighted by Crippen LogP contribution is 2.17. The number of ether oxygens (including phenoxy) is 2. The van der Waals surface area contributed by atoms with E-state index in [4.69, 9.17) is 9.47 Å². The van der Waals surface area contributed by atoms with Gasteiger partial charge in [0.2, 0.25) is 0 Å². The molecule has 1 aromatic rings. The first-order chi connectivity index (χ1) is 12.7. The smallest absolute Gasteiger partial charge is 0.253 e. The molecule has 6 heteroatoms. The summed E-state index contributed by atoms with van der Waals surface area (Å²) in [5.41, 5.74) is 1.68. The Bertz CT molecular complexity index is 702. The SMILES string of the molecule is Cc1ccc(OC2=CCN=CC(C(=O)NCCN3CCOCC3)=C2)cc1. The van der Waals surface area contributed by atoms with Gasteiger partial charge in [-0.15, -0.1) is 0 Å². The molecule has 26 heavy (non-hydrogen) atoms. The zero-order valence-corrected chi connectivity index (χ0v) is 15.1. The van der Waals surface area contributed by atoms with Crippen molar-refractivity contribution < 1.29 is 14.3 Å². The van der Waals surface area contributed by atoms with Gasteiger partial charge in [-0.3, -0.25) is 14.7 Å². The minimum Gasteiger partial charge on any atom is -0.458 e. The maximum absolute atomic E-state index is 12.4. The quantitative estimate of drug-likeness (QED) is 0.844. The second kappa shape index (κ2) is 9.31. The monoisotopic (exact) mass is 355 g/mol. The zero-order valence-electron chi connectivity index (χ0n) is 15.1. The van der Waals surface area contributed by atoms with Gasteiger partial charge in [0.1, 0.15) is 11.5 Å². The van der Waals surface area contributed by atoms with Crippen molar-refractivity contribution in [3.05, 3.63) is 53.3 Å². The van der Waals surface area contributed by atoms with Gasteiger partial charge in [-0.2, -0.15) is 0 Å². The van der Waals surface area contributed by atoms with E-state index in [9.17, 15) is 4.79 Å². The standard InChI is InChI=1S/C20H25N3O3/c1-16-2-4-18(5-3-16)26-19-6-7-21-15-17(14-19)20(24)22-8-9-23-10-12-25-13-11-23/h2-6,14-15H,7-13H2,1H3,(H,22,24). The number of carbonyl (C=O) groups excluding carboxylic acids is 1. The lowest BCUT2D eigenvalue weighted by Crippen LogP contribution is -2.41. The molecule has 0 atom stereocenters. The van der Waals surface area contributed by atoms with Crippen LogP contribution >= 0.6 is 0 Å². The Labute approximate surface area is 154 Å². The lowest BCUT2D eigenvalue weighted by Gasteiger charge is -2.26. The summed E-state index contributed by atoms with van der Waals surface area (Å²) < 4.78 is 11.2. The molecule has 3 rings (SSSR count). The molecular formula is C20H25N3O3. The predicted molar refractivity (Wildman–Crippen MR) is 102 cm³/mol. The fourth-order valence-electron chi connectivity index (χ4n) is 2.74. The van der Waals surface area contributed by atoms with Crippen molar-refractivity contribution in [3.63, 3.8) is 0 Å². The number of morpholine rings is 1. The number of nitrogens with one attached hydrogen (secondary N) is 1. The van der Waals surface area contributed by atoms with Crippen LogP contribution in [0.25, 0.3) is 0 Å². The van der Waals surface area contributed by atoms with E-state index in [0.29, 0.717) is 24.4 Å². The Balaban J connectivity index is 1.54. The Kier molecular flexibility index (Phi) is 6.57. The van der Waals surface area contributed by atoms with Crippen molar-refractivity contribution >= 4 is 12.1 Å². The van der Waals surface area contributed by atoms with E-state index < -0.39 is 0 Å². The third-order valence-corrected chi connectivity index (χ3v) is 4.26. The molecule has 0 spiro atoms. The van der Waals surface area contributed by atoms with Crippen LogP contribution in [0.15, 0.2) is 52.7 Å². The van der Waals surface area contributed by atoms with E-state index in [0.717, 1.165) is 38.6 Å². The Hall–Kier alpha value is -2.44. The highest BCUT2D eigenvalue weighted by Gasteiger charge is 2.13. The van der Waals surface area contributed by atoms with Gasteiger partial charge in [0.05, 0.1) is 25.3 Å². The number of nitrogens with zero attached hydrogens (tertiary/aromatic N) is 2. The van der Waals surface area contributed by atoms with E-state index in [2.05, 4.69) is 15.2 Å². The number of allylic oxidation sites excluding steroid dienone is 1. The van der Waals surface area contributed by atoms with Crippen LogP contribution in [0.2, 0.25) is 0 Å². The zero-order chi connectivity index (χ0) is 18.2. The molecule has 6 nitrogen and oxygen atoms in total. The summed E-state index contributed by atoms with van der Waals surface area (Å²) in [5, 5.41) is 2.96. The van der Waals surface area contributed by atoms with E-state index in [1.54, 1.807) is 12.3 Å². The molecule has 1 amide bonds. The highest BCUT2D eigenvalue weighted by atomic mass is 16.5. The second-order valence-electron chi connectivity index (χ2n) is 6.33. The van der Waals surface area contributed by atoms with E-state index in [1.807, 2.05) is 37.3 Å². The fraction of sp³-hybridized carbons (Fsp3) is 0.400. The lowest BCUT2D eigenvalue weighted by atomic mass is 10.2. The maximum Gasteiger partial charge on any atom is 0.253 e. The molecule has 2 aliphatic rings. The highest BCUT2D eigenvalue weighted by molar-refractivity contribution is 6.12. The van der Waals surface area contributed by atoms with Crippen molar-refractivity contribution in [2.75, 3.05) is 45.9 Å². The average Bonchev–Trinajstić information content (AvgIpc) is 2.90. The largest absolute Gasteiger partial charge is 0.458 e. The molecule has 138 valence electrons. The molecule has 1 fully saturated rings. The number of amides is 1. The summed E-state index contributed by atoms with van der Waals surface area (Å²) in [6.45, 7) is 7.29. The number of rotatable bonds is 6. The minimum absolute atomic E-state index is 0.137. The van der Waals surface area contributed by atoms with Crippen molar-refractivity contribution in [2.24, 2.45) is 4.99 Å². The predicted octanol–water partition coefficient (Wildman–Crippen LogP) is 1.72. The van der Waals surface area contributed by atoms with Crippen LogP contribution in [0.5, 0.6) is 5.75 Å². The topological polar surface area (TPSA) is 63.2 Å². The number of carbonyl (C=O) groups is 1. The van der Waals surface area contributed by atoms with Crippen LogP contribution in [0.1, 0.15) is 5.56 Å². The van der Waals surface area contributed by atoms with Crippen molar-refractivity contribution in [1.82, 2.24) is 10.2 Å². The van der Waals surface area contributed by atoms with Crippen molar-refractivity contribution in [2.45, 2.75) is 6.92 Å². The molecular weight excluding hydrogens is 330 g/mol.